The highest BCUT2D eigenvalue weighted by molar-refractivity contribution is 7.19. The standard InChI is InChI=1S/C13H16S/c1-4-10-11-7-5-6-8-12(11)14-13(10)9(2)3/h5-9H,4H2,1-3H3. The van der Waals surface area contributed by atoms with Gasteiger partial charge in [-0.25, -0.2) is 0 Å². The SMILES string of the molecule is CCc1c(C(C)C)sc2ccccc12. The van der Waals surface area contributed by atoms with Gasteiger partial charge in [0, 0.05) is 9.58 Å². The van der Waals surface area contributed by atoms with Crippen LogP contribution in [-0.4, -0.2) is 0 Å². The van der Waals surface area contributed by atoms with Crippen LogP contribution in [0, 0.1) is 0 Å². The molecular formula is C13H16S. The third-order valence-corrected chi connectivity index (χ3v) is 4.12. The third kappa shape index (κ3) is 1.46. The number of aryl methyl sites for hydroxylation is 1. The van der Waals surface area contributed by atoms with Gasteiger partial charge in [0.1, 0.15) is 0 Å². The molecule has 1 heteroatoms. The second kappa shape index (κ2) is 3.74. The molecule has 0 aliphatic carbocycles. The summed E-state index contributed by atoms with van der Waals surface area (Å²) in [6.07, 6.45) is 1.15. The van der Waals surface area contributed by atoms with Crippen molar-refractivity contribution in [2.24, 2.45) is 0 Å². The molecule has 0 saturated heterocycles. The molecule has 2 aromatic rings. The lowest BCUT2D eigenvalue weighted by Crippen LogP contribution is -1.88. The Bertz CT molecular complexity index is 437. The van der Waals surface area contributed by atoms with Gasteiger partial charge in [-0.2, -0.15) is 0 Å². The average Bonchev–Trinajstić information content (AvgIpc) is 2.56. The van der Waals surface area contributed by atoms with Crippen LogP contribution in [0.3, 0.4) is 0 Å². The summed E-state index contributed by atoms with van der Waals surface area (Å²) in [7, 11) is 0. The zero-order chi connectivity index (χ0) is 10.1. The van der Waals surface area contributed by atoms with Gasteiger partial charge >= 0.3 is 0 Å². The molecule has 0 bridgehead atoms. The molecular weight excluding hydrogens is 188 g/mol. The number of thiophene rings is 1. The summed E-state index contributed by atoms with van der Waals surface area (Å²) in [5, 5.41) is 1.46. The number of hydrogen-bond acceptors (Lipinski definition) is 1. The molecule has 0 saturated carbocycles. The Labute approximate surface area is 89.6 Å². The lowest BCUT2D eigenvalue weighted by Gasteiger charge is -2.04. The summed E-state index contributed by atoms with van der Waals surface area (Å²) in [4.78, 5) is 1.56. The van der Waals surface area contributed by atoms with Crippen LogP contribution < -0.4 is 0 Å². The van der Waals surface area contributed by atoms with Gasteiger partial charge in [-0.15, -0.1) is 11.3 Å². The van der Waals surface area contributed by atoms with Crippen LogP contribution in [0.5, 0.6) is 0 Å². The third-order valence-electron chi connectivity index (χ3n) is 2.61. The van der Waals surface area contributed by atoms with E-state index in [1.807, 2.05) is 11.3 Å². The van der Waals surface area contributed by atoms with Crippen molar-refractivity contribution in [1.29, 1.82) is 0 Å². The minimum Gasteiger partial charge on any atom is -0.140 e. The Morgan fingerprint density at radius 3 is 2.57 bits per heavy atom. The quantitative estimate of drug-likeness (QED) is 0.671. The van der Waals surface area contributed by atoms with E-state index in [0.29, 0.717) is 5.92 Å². The maximum absolute atomic E-state index is 2.28. The summed E-state index contributed by atoms with van der Waals surface area (Å²) < 4.78 is 1.44. The number of hydrogen-bond donors (Lipinski definition) is 0. The largest absolute Gasteiger partial charge is 0.140 e. The molecule has 0 nitrogen and oxygen atoms in total. The molecule has 0 aliphatic heterocycles. The van der Waals surface area contributed by atoms with Crippen molar-refractivity contribution >= 4 is 21.4 Å². The molecule has 1 aromatic carbocycles. The highest BCUT2D eigenvalue weighted by Crippen LogP contribution is 2.35. The summed E-state index contributed by atoms with van der Waals surface area (Å²) in [6, 6.07) is 8.74. The number of fused-ring (bicyclic) bond motifs is 1. The minimum absolute atomic E-state index is 0.655. The fourth-order valence-corrected chi connectivity index (χ4v) is 3.25. The Kier molecular flexibility index (Phi) is 2.60. The number of benzene rings is 1. The predicted molar refractivity (Wildman–Crippen MR) is 65.3 cm³/mol. The van der Waals surface area contributed by atoms with Crippen molar-refractivity contribution in [3.05, 3.63) is 34.7 Å². The summed E-state index contributed by atoms with van der Waals surface area (Å²) in [6.45, 7) is 6.81. The van der Waals surface area contributed by atoms with Crippen LogP contribution in [0.4, 0.5) is 0 Å². The van der Waals surface area contributed by atoms with E-state index in [-0.39, 0.29) is 0 Å². The van der Waals surface area contributed by atoms with Crippen molar-refractivity contribution in [3.8, 4) is 0 Å². The molecule has 0 spiro atoms. The Morgan fingerprint density at radius 1 is 1.21 bits per heavy atom. The molecule has 0 amide bonds. The molecule has 1 aromatic heterocycles. The lowest BCUT2D eigenvalue weighted by molar-refractivity contribution is 0.872. The van der Waals surface area contributed by atoms with E-state index in [4.69, 9.17) is 0 Å². The van der Waals surface area contributed by atoms with Crippen LogP contribution >= 0.6 is 11.3 Å². The van der Waals surface area contributed by atoms with Gasteiger partial charge in [0.15, 0.2) is 0 Å². The maximum atomic E-state index is 2.28. The second-order valence-electron chi connectivity index (χ2n) is 3.95. The highest BCUT2D eigenvalue weighted by atomic mass is 32.1. The Hall–Kier alpha value is -0.820. The van der Waals surface area contributed by atoms with Crippen molar-refractivity contribution in [1.82, 2.24) is 0 Å². The van der Waals surface area contributed by atoms with E-state index >= 15 is 0 Å². The number of rotatable bonds is 2. The highest BCUT2D eigenvalue weighted by Gasteiger charge is 2.12. The molecule has 1 heterocycles. The molecule has 14 heavy (non-hydrogen) atoms. The van der Waals surface area contributed by atoms with Gasteiger partial charge in [0.2, 0.25) is 0 Å². The van der Waals surface area contributed by atoms with Crippen LogP contribution in [0.1, 0.15) is 37.1 Å². The lowest BCUT2D eigenvalue weighted by atomic mass is 10.0. The van der Waals surface area contributed by atoms with Crippen LogP contribution in [-0.2, 0) is 6.42 Å². The predicted octanol–water partition coefficient (Wildman–Crippen LogP) is 4.59. The maximum Gasteiger partial charge on any atom is 0.0348 e. The molecule has 0 unspecified atom stereocenters. The topological polar surface area (TPSA) is 0 Å². The normalized spacial score (nSPS) is 11.4. The first-order chi connectivity index (χ1) is 6.74. The van der Waals surface area contributed by atoms with Crippen LogP contribution in [0.15, 0.2) is 24.3 Å². The van der Waals surface area contributed by atoms with Gasteiger partial charge in [-0.05, 0) is 29.4 Å². The van der Waals surface area contributed by atoms with E-state index in [0.717, 1.165) is 6.42 Å². The van der Waals surface area contributed by atoms with E-state index in [1.54, 1.807) is 10.4 Å². The molecule has 0 atom stereocenters. The first-order valence-electron chi connectivity index (χ1n) is 5.24. The van der Waals surface area contributed by atoms with Gasteiger partial charge in [0.05, 0.1) is 0 Å². The molecule has 2 rings (SSSR count). The molecule has 0 N–H and O–H groups in total. The summed E-state index contributed by atoms with van der Waals surface area (Å²) in [5.74, 6) is 0.655. The molecule has 0 radical (unpaired) electrons. The fourth-order valence-electron chi connectivity index (χ4n) is 1.95. The van der Waals surface area contributed by atoms with Gasteiger partial charge in [0.25, 0.3) is 0 Å². The average molecular weight is 204 g/mol. The summed E-state index contributed by atoms with van der Waals surface area (Å²) in [5.41, 5.74) is 1.56. The van der Waals surface area contributed by atoms with E-state index in [2.05, 4.69) is 45.0 Å². The molecule has 74 valence electrons. The van der Waals surface area contributed by atoms with Crippen LogP contribution in [0.25, 0.3) is 10.1 Å². The molecule has 0 fully saturated rings. The van der Waals surface area contributed by atoms with Gasteiger partial charge in [-0.3, -0.25) is 0 Å². The Morgan fingerprint density at radius 2 is 1.93 bits per heavy atom. The summed E-state index contributed by atoms with van der Waals surface area (Å²) >= 11 is 1.96. The fraction of sp³-hybridized carbons (Fsp3) is 0.385. The van der Waals surface area contributed by atoms with Gasteiger partial charge in [-0.1, -0.05) is 39.0 Å². The monoisotopic (exact) mass is 204 g/mol. The van der Waals surface area contributed by atoms with Crippen molar-refractivity contribution in [3.63, 3.8) is 0 Å². The van der Waals surface area contributed by atoms with E-state index in [1.165, 1.54) is 10.1 Å². The zero-order valence-electron chi connectivity index (χ0n) is 9.00. The van der Waals surface area contributed by atoms with Crippen molar-refractivity contribution in [2.75, 3.05) is 0 Å². The Balaban J connectivity index is 2.72. The zero-order valence-corrected chi connectivity index (χ0v) is 9.82. The second-order valence-corrected chi connectivity index (χ2v) is 5.03. The van der Waals surface area contributed by atoms with Crippen molar-refractivity contribution < 1.29 is 0 Å². The van der Waals surface area contributed by atoms with E-state index in [9.17, 15) is 0 Å². The van der Waals surface area contributed by atoms with Crippen LogP contribution in [0.2, 0.25) is 0 Å². The van der Waals surface area contributed by atoms with Gasteiger partial charge < -0.3 is 0 Å². The van der Waals surface area contributed by atoms with E-state index < -0.39 is 0 Å². The molecule has 0 aliphatic rings. The first-order valence-corrected chi connectivity index (χ1v) is 6.06. The smallest absolute Gasteiger partial charge is 0.0348 e. The first kappa shape index (κ1) is 9.72. The van der Waals surface area contributed by atoms with Crippen molar-refractivity contribution in [2.45, 2.75) is 33.1 Å². The minimum atomic E-state index is 0.655.